The Morgan fingerprint density at radius 3 is 2.76 bits per heavy atom. The van der Waals surface area contributed by atoms with Crippen molar-refractivity contribution in [2.24, 2.45) is 5.73 Å². The summed E-state index contributed by atoms with van der Waals surface area (Å²) in [7, 11) is 0. The second-order valence-electron chi connectivity index (χ2n) is 3.62. The normalized spacial score (nSPS) is 10.8. The number of para-hydroxylation sites is 2. The maximum absolute atomic E-state index is 7.56. The molecule has 0 amide bonds. The Kier molecular flexibility index (Phi) is 1.98. The monoisotopic (exact) mass is 226 g/mol. The fourth-order valence-corrected chi connectivity index (χ4v) is 1.83. The summed E-state index contributed by atoms with van der Waals surface area (Å²) >= 11 is 0. The predicted octanol–water partition coefficient (Wildman–Crippen LogP) is 1.90. The largest absolute Gasteiger partial charge is 0.448 e. The summed E-state index contributed by atoms with van der Waals surface area (Å²) in [5.74, 6) is 0.905. The minimum atomic E-state index is -0.0856. The van der Waals surface area contributed by atoms with Gasteiger partial charge in [0.25, 0.3) is 0 Å². The molecular formula is C12H10N4O. The van der Waals surface area contributed by atoms with Crippen molar-refractivity contribution < 1.29 is 4.42 Å². The lowest BCUT2D eigenvalue weighted by atomic mass is 10.3. The number of nitrogen functional groups attached to an aromatic ring is 1. The number of nitrogens with zero attached hydrogens (tertiary/aromatic N) is 2. The van der Waals surface area contributed by atoms with E-state index in [1.54, 1.807) is 23.0 Å². The maximum atomic E-state index is 7.56. The molecule has 17 heavy (non-hydrogen) atoms. The van der Waals surface area contributed by atoms with E-state index in [9.17, 15) is 0 Å². The first kappa shape index (κ1) is 9.65. The first-order valence-corrected chi connectivity index (χ1v) is 5.13. The Bertz CT molecular complexity index is 682. The molecule has 0 aliphatic rings. The molecular weight excluding hydrogens is 216 g/mol. The van der Waals surface area contributed by atoms with Crippen LogP contribution in [0.2, 0.25) is 0 Å². The summed E-state index contributed by atoms with van der Waals surface area (Å²) in [4.78, 5) is 4.32. The van der Waals surface area contributed by atoms with Gasteiger partial charge < -0.3 is 10.2 Å². The number of nitrogens with one attached hydrogen (secondary N) is 1. The summed E-state index contributed by atoms with van der Waals surface area (Å²) in [6.45, 7) is 0. The van der Waals surface area contributed by atoms with E-state index < -0.39 is 0 Å². The van der Waals surface area contributed by atoms with E-state index in [0.29, 0.717) is 11.7 Å². The SMILES string of the molecule is N=C(N)c1nc2ccccc2n1-c1ccco1. The number of hydrogen-bond acceptors (Lipinski definition) is 3. The third-order valence-electron chi connectivity index (χ3n) is 2.53. The fourth-order valence-electron chi connectivity index (χ4n) is 1.83. The number of rotatable bonds is 2. The zero-order chi connectivity index (χ0) is 11.8. The first-order valence-electron chi connectivity index (χ1n) is 5.13. The zero-order valence-electron chi connectivity index (χ0n) is 8.92. The van der Waals surface area contributed by atoms with E-state index in [-0.39, 0.29) is 5.84 Å². The Hall–Kier alpha value is -2.56. The van der Waals surface area contributed by atoms with Gasteiger partial charge in [0.2, 0.25) is 5.88 Å². The molecule has 2 aromatic heterocycles. The summed E-state index contributed by atoms with van der Waals surface area (Å²) in [6, 6.07) is 11.2. The minimum Gasteiger partial charge on any atom is -0.448 e. The molecule has 0 radical (unpaired) electrons. The van der Waals surface area contributed by atoms with Crippen LogP contribution in [0.1, 0.15) is 5.82 Å². The lowest BCUT2D eigenvalue weighted by molar-refractivity contribution is 0.541. The number of aromatic nitrogens is 2. The van der Waals surface area contributed by atoms with Crippen molar-refractivity contribution >= 4 is 16.9 Å². The van der Waals surface area contributed by atoms with Crippen LogP contribution in [0.3, 0.4) is 0 Å². The first-order chi connectivity index (χ1) is 8.27. The van der Waals surface area contributed by atoms with E-state index in [2.05, 4.69) is 4.98 Å². The van der Waals surface area contributed by atoms with Crippen LogP contribution in [0.4, 0.5) is 0 Å². The van der Waals surface area contributed by atoms with Gasteiger partial charge in [0.15, 0.2) is 11.7 Å². The number of furan rings is 1. The highest BCUT2D eigenvalue weighted by Crippen LogP contribution is 2.21. The molecule has 3 aromatic rings. The van der Waals surface area contributed by atoms with Crippen molar-refractivity contribution in [1.29, 1.82) is 5.41 Å². The summed E-state index contributed by atoms with van der Waals surface area (Å²) in [5, 5.41) is 7.56. The van der Waals surface area contributed by atoms with E-state index in [1.807, 2.05) is 24.3 Å². The van der Waals surface area contributed by atoms with Gasteiger partial charge in [-0.05, 0) is 18.2 Å². The van der Waals surface area contributed by atoms with Crippen molar-refractivity contribution in [3.05, 3.63) is 48.5 Å². The van der Waals surface area contributed by atoms with E-state index in [0.717, 1.165) is 11.0 Å². The number of amidine groups is 1. The summed E-state index contributed by atoms with van der Waals surface area (Å²) in [5.41, 5.74) is 7.20. The number of benzene rings is 1. The molecule has 0 aliphatic carbocycles. The van der Waals surface area contributed by atoms with Gasteiger partial charge in [-0.15, -0.1) is 0 Å². The molecule has 5 heteroatoms. The molecule has 5 nitrogen and oxygen atoms in total. The highest BCUT2D eigenvalue weighted by molar-refractivity contribution is 5.96. The van der Waals surface area contributed by atoms with E-state index in [1.165, 1.54) is 0 Å². The van der Waals surface area contributed by atoms with Crippen LogP contribution in [0.25, 0.3) is 16.9 Å². The maximum Gasteiger partial charge on any atom is 0.205 e. The van der Waals surface area contributed by atoms with Crippen LogP contribution in [0.5, 0.6) is 0 Å². The average molecular weight is 226 g/mol. The number of nitrogens with two attached hydrogens (primary N) is 1. The van der Waals surface area contributed by atoms with Crippen molar-refractivity contribution in [3.8, 4) is 5.88 Å². The van der Waals surface area contributed by atoms with Gasteiger partial charge in [-0.2, -0.15) is 0 Å². The molecule has 0 bridgehead atoms. The number of fused-ring (bicyclic) bond motifs is 1. The number of imidazole rings is 1. The van der Waals surface area contributed by atoms with Crippen LogP contribution in [0.15, 0.2) is 47.1 Å². The second-order valence-corrected chi connectivity index (χ2v) is 3.62. The van der Waals surface area contributed by atoms with E-state index in [4.69, 9.17) is 15.6 Å². The van der Waals surface area contributed by atoms with Crippen LogP contribution < -0.4 is 5.73 Å². The molecule has 0 unspecified atom stereocenters. The second kappa shape index (κ2) is 3.48. The standard InChI is InChI=1S/C12H10N4O/c13-11(14)12-15-8-4-1-2-5-9(8)16(12)10-6-3-7-17-10/h1-7H,(H3,13,14). The van der Waals surface area contributed by atoms with Crippen molar-refractivity contribution in [2.45, 2.75) is 0 Å². The molecule has 0 saturated heterocycles. The molecule has 1 aromatic carbocycles. The zero-order valence-corrected chi connectivity index (χ0v) is 8.92. The topological polar surface area (TPSA) is 80.8 Å². The third kappa shape index (κ3) is 1.40. The van der Waals surface area contributed by atoms with Crippen LogP contribution in [0, 0.1) is 5.41 Å². The van der Waals surface area contributed by atoms with Crippen LogP contribution >= 0.6 is 0 Å². The predicted molar refractivity (Wildman–Crippen MR) is 64.4 cm³/mol. The quantitative estimate of drug-likeness (QED) is 0.517. The lowest BCUT2D eigenvalue weighted by Gasteiger charge is -2.03. The van der Waals surface area contributed by atoms with Gasteiger partial charge >= 0.3 is 0 Å². The minimum absolute atomic E-state index is 0.0856. The van der Waals surface area contributed by atoms with Gasteiger partial charge in [-0.1, -0.05) is 12.1 Å². The van der Waals surface area contributed by atoms with Crippen LogP contribution in [-0.2, 0) is 0 Å². The molecule has 0 saturated carbocycles. The van der Waals surface area contributed by atoms with Gasteiger partial charge in [-0.3, -0.25) is 9.98 Å². The van der Waals surface area contributed by atoms with Gasteiger partial charge in [0.1, 0.15) is 0 Å². The molecule has 0 fully saturated rings. The third-order valence-corrected chi connectivity index (χ3v) is 2.53. The average Bonchev–Trinajstić information content (AvgIpc) is 2.94. The lowest BCUT2D eigenvalue weighted by Crippen LogP contribution is -2.17. The fraction of sp³-hybridized carbons (Fsp3) is 0. The Balaban J connectivity index is 2.40. The molecule has 3 N–H and O–H groups in total. The molecule has 0 atom stereocenters. The molecule has 2 heterocycles. The highest BCUT2D eigenvalue weighted by Gasteiger charge is 2.15. The molecule has 0 aliphatic heterocycles. The Morgan fingerprint density at radius 1 is 1.24 bits per heavy atom. The van der Waals surface area contributed by atoms with Crippen molar-refractivity contribution in [1.82, 2.24) is 9.55 Å². The van der Waals surface area contributed by atoms with Gasteiger partial charge in [0, 0.05) is 6.07 Å². The Labute approximate surface area is 97.0 Å². The smallest absolute Gasteiger partial charge is 0.205 e. The molecule has 84 valence electrons. The van der Waals surface area contributed by atoms with E-state index >= 15 is 0 Å². The highest BCUT2D eigenvalue weighted by atomic mass is 16.3. The number of hydrogen-bond donors (Lipinski definition) is 2. The van der Waals surface area contributed by atoms with Gasteiger partial charge in [0.05, 0.1) is 17.3 Å². The molecule has 0 spiro atoms. The van der Waals surface area contributed by atoms with Crippen molar-refractivity contribution in [2.75, 3.05) is 0 Å². The summed E-state index contributed by atoms with van der Waals surface area (Å²) in [6.07, 6.45) is 1.58. The molecule has 3 rings (SSSR count). The Morgan fingerprint density at radius 2 is 2.06 bits per heavy atom. The summed E-state index contributed by atoms with van der Waals surface area (Å²) < 4.78 is 7.08. The van der Waals surface area contributed by atoms with Crippen LogP contribution in [-0.4, -0.2) is 15.4 Å². The van der Waals surface area contributed by atoms with Gasteiger partial charge in [-0.25, -0.2) is 4.98 Å². The van der Waals surface area contributed by atoms with Crippen molar-refractivity contribution in [3.63, 3.8) is 0 Å².